The minimum Gasteiger partial charge on any atom is -0.273 e. The molecule has 0 atom stereocenters. The second kappa shape index (κ2) is 11.1. The zero-order chi connectivity index (χ0) is 29.1. The van der Waals surface area contributed by atoms with Gasteiger partial charge in [-0.15, -0.1) is 0 Å². The molecule has 0 spiro atoms. The molecule has 3 aromatic rings. The van der Waals surface area contributed by atoms with Gasteiger partial charge in [0, 0.05) is 7.05 Å². The lowest BCUT2D eigenvalue weighted by Crippen LogP contribution is -2.41. The standard InChI is InChI=1S/C22H13F8N5O3S/c1-35(19(38)33-17(36)14-12(23)6-3-7-13(14)24)20-32-16(22(28,29)30)15(39-20)18(37)34-31-9-10-4-2-5-11(8-10)21(25,26)27/h2-9H,1H3,(H,34,37)(H,33,36,38)/b31-9+. The first-order chi connectivity index (χ1) is 18.1. The highest BCUT2D eigenvalue weighted by Gasteiger charge is 2.40. The molecule has 39 heavy (non-hydrogen) atoms. The smallest absolute Gasteiger partial charge is 0.273 e. The number of anilines is 1. The molecule has 0 bridgehead atoms. The van der Waals surface area contributed by atoms with Crippen LogP contribution in [0.15, 0.2) is 47.6 Å². The van der Waals surface area contributed by atoms with Crippen molar-refractivity contribution in [3.05, 3.63) is 81.4 Å². The van der Waals surface area contributed by atoms with Gasteiger partial charge in [0.25, 0.3) is 11.8 Å². The van der Waals surface area contributed by atoms with E-state index in [1.807, 2.05) is 0 Å². The number of carbonyl (C=O) groups is 3. The van der Waals surface area contributed by atoms with Crippen LogP contribution in [0.3, 0.4) is 0 Å². The predicted octanol–water partition coefficient (Wildman–Crippen LogP) is 5.21. The number of nitrogens with one attached hydrogen (secondary N) is 2. The van der Waals surface area contributed by atoms with Crippen LogP contribution in [0.4, 0.5) is 45.0 Å². The van der Waals surface area contributed by atoms with Gasteiger partial charge in [0.2, 0.25) is 0 Å². The molecule has 0 saturated heterocycles. The van der Waals surface area contributed by atoms with Crippen LogP contribution >= 0.6 is 11.3 Å². The van der Waals surface area contributed by atoms with E-state index in [0.29, 0.717) is 11.0 Å². The molecule has 2 N–H and O–H groups in total. The zero-order valence-electron chi connectivity index (χ0n) is 19.1. The Labute approximate surface area is 216 Å². The van der Waals surface area contributed by atoms with Gasteiger partial charge >= 0.3 is 18.4 Å². The Morgan fingerprint density at radius 2 is 1.56 bits per heavy atom. The Bertz CT molecular complexity index is 1430. The van der Waals surface area contributed by atoms with Crippen LogP contribution in [0.2, 0.25) is 0 Å². The largest absolute Gasteiger partial charge is 0.435 e. The maximum absolute atomic E-state index is 13.8. The van der Waals surface area contributed by atoms with E-state index in [9.17, 15) is 49.5 Å². The quantitative estimate of drug-likeness (QED) is 0.246. The number of aromatic nitrogens is 1. The van der Waals surface area contributed by atoms with Crippen molar-refractivity contribution in [1.82, 2.24) is 15.7 Å². The summed E-state index contributed by atoms with van der Waals surface area (Å²) in [6.45, 7) is 0. The second-order valence-electron chi connectivity index (χ2n) is 7.41. The van der Waals surface area contributed by atoms with E-state index in [2.05, 4.69) is 10.1 Å². The molecule has 17 heteroatoms. The van der Waals surface area contributed by atoms with Gasteiger partial charge in [-0.05, 0) is 29.8 Å². The van der Waals surface area contributed by atoms with Gasteiger partial charge in [0.15, 0.2) is 10.8 Å². The number of amides is 4. The first kappa shape index (κ1) is 29.2. The van der Waals surface area contributed by atoms with Crippen molar-refractivity contribution in [2.24, 2.45) is 5.10 Å². The van der Waals surface area contributed by atoms with Crippen LogP contribution < -0.4 is 15.6 Å². The van der Waals surface area contributed by atoms with Crippen LogP contribution in [-0.2, 0) is 12.4 Å². The molecular formula is C22H13F8N5O3S. The van der Waals surface area contributed by atoms with Crippen molar-refractivity contribution >= 4 is 40.5 Å². The number of hydrogen-bond acceptors (Lipinski definition) is 6. The minimum absolute atomic E-state index is 0.0520. The summed E-state index contributed by atoms with van der Waals surface area (Å²) < 4.78 is 106. The Balaban J connectivity index is 1.80. The summed E-state index contributed by atoms with van der Waals surface area (Å²) >= 11 is 0.0520. The highest BCUT2D eigenvalue weighted by atomic mass is 32.1. The molecule has 1 heterocycles. The maximum Gasteiger partial charge on any atom is 0.435 e. The van der Waals surface area contributed by atoms with E-state index in [4.69, 9.17) is 0 Å². The Morgan fingerprint density at radius 1 is 0.949 bits per heavy atom. The van der Waals surface area contributed by atoms with Crippen molar-refractivity contribution < 1.29 is 49.5 Å². The monoisotopic (exact) mass is 579 g/mol. The van der Waals surface area contributed by atoms with Crippen LogP contribution in [0, 0.1) is 11.6 Å². The lowest BCUT2D eigenvalue weighted by Gasteiger charge is -2.14. The van der Waals surface area contributed by atoms with Gasteiger partial charge in [0.05, 0.1) is 11.8 Å². The van der Waals surface area contributed by atoms with E-state index < -0.39 is 68.7 Å². The molecule has 206 valence electrons. The third kappa shape index (κ3) is 6.92. The first-order valence-electron chi connectivity index (χ1n) is 10.2. The fourth-order valence-corrected chi connectivity index (χ4v) is 3.79. The van der Waals surface area contributed by atoms with Gasteiger partial charge in [-0.1, -0.05) is 29.5 Å². The molecule has 0 fully saturated rings. The van der Waals surface area contributed by atoms with Crippen LogP contribution in [0.1, 0.15) is 36.9 Å². The van der Waals surface area contributed by atoms with Crippen molar-refractivity contribution in [1.29, 1.82) is 0 Å². The summed E-state index contributed by atoms with van der Waals surface area (Å²) in [5.41, 5.74) is -2.28. The third-order valence-corrected chi connectivity index (χ3v) is 5.82. The maximum atomic E-state index is 13.8. The van der Waals surface area contributed by atoms with E-state index in [-0.39, 0.29) is 16.9 Å². The average Bonchev–Trinajstić information content (AvgIpc) is 3.29. The van der Waals surface area contributed by atoms with Gasteiger partial charge in [-0.3, -0.25) is 19.8 Å². The topological polar surface area (TPSA) is 104 Å². The number of hydrazone groups is 1. The molecule has 8 nitrogen and oxygen atoms in total. The van der Waals surface area contributed by atoms with Crippen molar-refractivity contribution in [3.63, 3.8) is 0 Å². The van der Waals surface area contributed by atoms with Crippen LogP contribution in [-0.4, -0.2) is 36.1 Å². The van der Waals surface area contributed by atoms with Gasteiger partial charge < -0.3 is 0 Å². The molecule has 0 aliphatic rings. The zero-order valence-corrected chi connectivity index (χ0v) is 19.9. The molecule has 2 aromatic carbocycles. The Kier molecular flexibility index (Phi) is 8.33. The molecule has 3 rings (SSSR count). The van der Waals surface area contributed by atoms with Crippen LogP contribution in [0.25, 0.3) is 0 Å². The number of thiazole rings is 1. The second-order valence-corrected chi connectivity index (χ2v) is 8.39. The van der Waals surface area contributed by atoms with Crippen molar-refractivity contribution in [3.8, 4) is 0 Å². The number of benzene rings is 2. The number of imide groups is 1. The SMILES string of the molecule is CN(C(=O)NC(=O)c1c(F)cccc1F)c1nc(C(F)(F)F)c(C(=O)N/N=C/c2cccc(C(F)(F)F)c2)s1. The third-order valence-electron chi connectivity index (χ3n) is 4.69. The molecule has 4 amide bonds. The Morgan fingerprint density at radius 3 is 2.15 bits per heavy atom. The van der Waals surface area contributed by atoms with Gasteiger partial charge in [-0.25, -0.2) is 24.0 Å². The molecule has 0 aliphatic heterocycles. The summed E-state index contributed by atoms with van der Waals surface area (Å²) in [4.78, 5) is 39.3. The Hall–Kier alpha value is -4.41. The van der Waals surface area contributed by atoms with Gasteiger partial charge in [0.1, 0.15) is 22.1 Å². The predicted molar refractivity (Wildman–Crippen MR) is 121 cm³/mol. The highest BCUT2D eigenvalue weighted by molar-refractivity contribution is 7.17. The number of urea groups is 1. The van der Waals surface area contributed by atoms with Gasteiger partial charge in [-0.2, -0.15) is 31.4 Å². The number of alkyl halides is 6. The first-order valence-corrected chi connectivity index (χ1v) is 11.0. The van der Waals surface area contributed by atoms with E-state index in [1.54, 1.807) is 10.7 Å². The average molecular weight is 579 g/mol. The van der Waals surface area contributed by atoms with E-state index in [0.717, 1.165) is 43.6 Å². The normalized spacial score (nSPS) is 11.9. The number of carbonyl (C=O) groups excluding carboxylic acids is 3. The molecule has 0 radical (unpaired) electrons. The molecule has 0 saturated carbocycles. The minimum atomic E-state index is -5.20. The summed E-state index contributed by atoms with van der Waals surface area (Å²) in [5.74, 6) is -5.60. The lowest BCUT2D eigenvalue weighted by atomic mass is 10.1. The van der Waals surface area contributed by atoms with Crippen LogP contribution in [0.5, 0.6) is 0 Å². The molecule has 0 aliphatic carbocycles. The van der Waals surface area contributed by atoms with E-state index in [1.165, 1.54) is 6.07 Å². The fraction of sp³-hybridized carbons (Fsp3) is 0.136. The summed E-state index contributed by atoms with van der Waals surface area (Å²) in [6, 6.07) is 4.71. The van der Waals surface area contributed by atoms with Crippen molar-refractivity contribution in [2.45, 2.75) is 12.4 Å². The lowest BCUT2D eigenvalue weighted by molar-refractivity contribution is -0.141. The number of nitrogens with zero attached hydrogens (tertiary/aromatic N) is 3. The molecule has 0 unspecified atom stereocenters. The number of rotatable bonds is 5. The summed E-state index contributed by atoms with van der Waals surface area (Å²) in [5, 5.41) is 4.20. The molecule has 1 aromatic heterocycles. The summed E-state index contributed by atoms with van der Waals surface area (Å²) in [7, 11) is 0.868. The fourth-order valence-electron chi connectivity index (χ4n) is 2.85. The van der Waals surface area contributed by atoms with E-state index >= 15 is 0 Å². The summed E-state index contributed by atoms with van der Waals surface area (Å²) in [6.07, 6.45) is -9.11. The highest BCUT2D eigenvalue weighted by Crippen LogP contribution is 2.37. The molecular weight excluding hydrogens is 566 g/mol. The number of hydrogen-bond donors (Lipinski definition) is 2. The number of halogens is 8. The van der Waals surface area contributed by atoms with Crippen molar-refractivity contribution in [2.75, 3.05) is 11.9 Å².